The molecule has 1 amide bonds. The highest BCUT2D eigenvalue weighted by atomic mass is 16.5. The number of carbonyl (C=O) groups is 1. The average molecular weight is 385 g/mol. The molecule has 29 heavy (non-hydrogen) atoms. The number of aromatic hydroxyl groups is 2. The van der Waals surface area contributed by atoms with Gasteiger partial charge >= 0.3 is 6.09 Å². The van der Waals surface area contributed by atoms with Crippen LogP contribution < -0.4 is 5.32 Å². The van der Waals surface area contributed by atoms with Crippen molar-refractivity contribution in [3.05, 3.63) is 83.4 Å². The zero-order valence-corrected chi connectivity index (χ0v) is 15.6. The van der Waals surface area contributed by atoms with Gasteiger partial charge in [-0.3, -0.25) is 0 Å². The molecule has 3 aromatic rings. The Morgan fingerprint density at radius 1 is 0.966 bits per heavy atom. The third kappa shape index (κ3) is 3.87. The first-order valence-electron chi connectivity index (χ1n) is 9.23. The van der Waals surface area contributed by atoms with Gasteiger partial charge < -0.3 is 20.3 Å². The Kier molecular flexibility index (Phi) is 5.08. The molecule has 3 N–H and O–H groups in total. The van der Waals surface area contributed by atoms with E-state index in [1.54, 1.807) is 0 Å². The van der Waals surface area contributed by atoms with Crippen molar-refractivity contribution < 1.29 is 19.7 Å². The van der Waals surface area contributed by atoms with Crippen LogP contribution in [-0.2, 0) is 4.74 Å². The molecule has 5 nitrogen and oxygen atoms in total. The van der Waals surface area contributed by atoms with Crippen molar-refractivity contribution >= 4 is 6.09 Å². The van der Waals surface area contributed by atoms with Gasteiger partial charge in [-0.15, -0.1) is 0 Å². The predicted octanol–water partition coefficient (Wildman–Crippen LogP) is 3.99. The summed E-state index contributed by atoms with van der Waals surface area (Å²) in [5.41, 5.74) is 5.04. The average Bonchev–Trinajstić information content (AvgIpc) is 3.05. The zero-order valence-electron chi connectivity index (χ0n) is 15.6. The zero-order chi connectivity index (χ0) is 20.2. The molecular weight excluding hydrogens is 366 g/mol. The molecule has 144 valence electrons. The molecule has 0 unspecified atom stereocenters. The summed E-state index contributed by atoms with van der Waals surface area (Å²) < 4.78 is 5.43. The Morgan fingerprint density at radius 3 is 2.28 bits per heavy atom. The standard InChI is InChI=1S/C24H19NO4/c26-17-12-11-16(23(27)14-17)6-5-13-25-24(28)29-15-22-20-9-3-1-7-18(20)19-8-2-4-10-21(19)22/h1-4,7-12,14,22,26-27H,13,15H2,(H,25,28). The van der Waals surface area contributed by atoms with Gasteiger partial charge in [-0.2, -0.15) is 0 Å². The summed E-state index contributed by atoms with van der Waals surface area (Å²) in [7, 11) is 0. The molecule has 0 radical (unpaired) electrons. The minimum absolute atomic E-state index is 0.00757. The lowest BCUT2D eigenvalue weighted by Gasteiger charge is -2.14. The van der Waals surface area contributed by atoms with Gasteiger partial charge in [0.1, 0.15) is 18.1 Å². The number of nitrogens with one attached hydrogen (secondary N) is 1. The van der Waals surface area contributed by atoms with E-state index in [9.17, 15) is 15.0 Å². The number of hydrogen-bond acceptors (Lipinski definition) is 4. The monoisotopic (exact) mass is 385 g/mol. The van der Waals surface area contributed by atoms with Gasteiger partial charge in [0, 0.05) is 12.0 Å². The van der Waals surface area contributed by atoms with E-state index < -0.39 is 6.09 Å². The van der Waals surface area contributed by atoms with Crippen LogP contribution in [0.2, 0.25) is 0 Å². The van der Waals surface area contributed by atoms with E-state index >= 15 is 0 Å². The number of phenolic OH excluding ortho intramolecular Hbond substituents is 2. The maximum Gasteiger partial charge on any atom is 0.407 e. The first-order valence-corrected chi connectivity index (χ1v) is 9.23. The van der Waals surface area contributed by atoms with E-state index in [0.717, 1.165) is 11.1 Å². The second kappa shape index (κ2) is 7.99. The number of fused-ring (bicyclic) bond motifs is 3. The second-order valence-corrected chi connectivity index (χ2v) is 6.68. The lowest BCUT2D eigenvalue weighted by molar-refractivity contribution is 0.144. The first kappa shape index (κ1) is 18.5. The van der Waals surface area contributed by atoms with Crippen LogP contribution in [-0.4, -0.2) is 29.5 Å². The van der Waals surface area contributed by atoms with Crippen LogP contribution >= 0.6 is 0 Å². The number of hydrogen-bond donors (Lipinski definition) is 3. The van der Waals surface area contributed by atoms with Gasteiger partial charge in [-0.1, -0.05) is 60.4 Å². The smallest absolute Gasteiger partial charge is 0.407 e. The van der Waals surface area contributed by atoms with Crippen molar-refractivity contribution in [3.8, 4) is 34.5 Å². The molecule has 0 aromatic heterocycles. The number of amides is 1. The van der Waals surface area contributed by atoms with Crippen molar-refractivity contribution in [3.63, 3.8) is 0 Å². The molecule has 3 aromatic carbocycles. The molecule has 1 aliphatic carbocycles. The normalized spacial score (nSPS) is 11.7. The number of phenols is 2. The van der Waals surface area contributed by atoms with Crippen LogP contribution in [0.1, 0.15) is 22.6 Å². The molecule has 0 spiro atoms. The van der Waals surface area contributed by atoms with E-state index in [1.165, 1.54) is 29.3 Å². The van der Waals surface area contributed by atoms with Crippen molar-refractivity contribution in [1.29, 1.82) is 0 Å². The summed E-state index contributed by atoms with van der Waals surface area (Å²) in [6.07, 6.45) is -0.545. The van der Waals surface area contributed by atoms with Gasteiger partial charge in [-0.05, 0) is 34.4 Å². The Labute approximate surface area is 168 Å². The van der Waals surface area contributed by atoms with E-state index in [-0.39, 0.29) is 30.6 Å². The summed E-state index contributed by atoms with van der Waals surface area (Å²) in [5.74, 6) is 5.34. The van der Waals surface area contributed by atoms with Gasteiger partial charge in [0.15, 0.2) is 0 Å². The van der Waals surface area contributed by atoms with Crippen molar-refractivity contribution in [2.45, 2.75) is 5.92 Å². The second-order valence-electron chi connectivity index (χ2n) is 6.68. The van der Waals surface area contributed by atoms with Crippen LogP contribution in [0.5, 0.6) is 11.5 Å². The number of ether oxygens (including phenoxy) is 1. The highest BCUT2D eigenvalue weighted by molar-refractivity contribution is 5.79. The fourth-order valence-electron chi connectivity index (χ4n) is 3.53. The molecule has 0 fully saturated rings. The van der Waals surface area contributed by atoms with Crippen LogP contribution in [0.25, 0.3) is 11.1 Å². The summed E-state index contributed by atoms with van der Waals surface area (Å²) in [6.45, 7) is 0.322. The summed E-state index contributed by atoms with van der Waals surface area (Å²) in [6, 6.07) is 20.5. The predicted molar refractivity (Wildman–Crippen MR) is 110 cm³/mol. The van der Waals surface area contributed by atoms with Gasteiger partial charge in [0.05, 0.1) is 12.1 Å². The van der Waals surface area contributed by atoms with Crippen molar-refractivity contribution in [1.82, 2.24) is 5.32 Å². The van der Waals surface area contributed by atoms with Gasteiger partial charge in [0.2, 0.25) is 0 Å². The molecular formula is C24H19NO4. The van der Waals surface area contributed by atoms with Crippen molar-refractivity contribution in [2.24, 2.45) is 0 Å². The Bertz CT molecular complexity index is 1080. The molecule has 0 saturated heterocycles. The molecule has 0 aliphatic heterocycles. The molecule has 5 heteroatoms. The fraction of sp³-hybridized carbons (Fsp3) is 0.125. The lowest BCUT2D eigenvalue weighted by Crippen LogP contribution is -2.26. The quantitative estimate of drug-likeness (QED) is 0.596. The fourth-order valence-corrected chi connectivity index (χ4v) is 3.53. The largest absolute Gasteiger partial charge is 0.508 e. The number of alkyl carbamates (subject to hydrolysis) is 1. The Hall–Kier alpha value is -3.91. The molecule has 0 bridgehead atoms. The van der Waals surface area contributed by atoms with E-state index in [1.807, 2.05) is 24.3 Å². The lowest BCUT2D eigenvalue weighted by atomic mass is 9.98. The van der Waals surface area contributed by atoms with Gasteiger partial charge in [0.25, 0.3) is 0 Å². The number of rotatable bonds is 3. The van der Waals surface area contributed by atoms with Crippen molar-refractivity contribution in [2.75, 3.05) is 13.2 Å². The first-order chi connectivity index (χ1) is 14.1. The van der Waals surface area contributed by atoms with Crippen LogP contribution in [0.4, 0.5) is 4.79 Å². The minimum Gasteiger partial charge on any atom is -0.508 e. The Balaban J connectivity index is 1.35. The van der Waals surface area contributed by atoms with Crippen LogP contribution in [0.15, 0.2) is 66.7 Å². The third-order valence-corrected chi connectivity index (χ3v) is 4.87. The number of carbonyl (C=O) groups excluding carboxylic acids is 1. The number of benzene rings is 3. The topological polar surface area (TPSA) is 78.8 Å². The summed E-state index contributed by atoms with van der Waals surface area (Å²) in [5, 5.41) is 21.6. The molecule has 0 heterocycles. The SMILES string of the molecule is O=C(NCC#Cc1ccc(O)cc1O)OCC1c2ccccc2-c2ccccc21. The highest BCUT2D eigenvalue weighted by Crippen LogP contribution is 2.44. The molecule has 0 saturated carbocycles. The van der Waals surface area contributed by atoms with Crippen LogP contribution in [0.3, 0.4) is 0 Å². The van der Waals surface area contributed by atoms with E-state index in [4.69, 9.17) is 4.74 Å². The molecule has 4 rings (SSSR count). The Morgan fingerprint density at radius 2 is 1.62 bits per heavy atom. The summed E-state index contributed by atoms with van der Waals surface area (Å²) >= 11 is 0. The minimum atomic E-state index is -0.545. The van der Waals surface area contributed by atoms with Gasteiger partial charge in [-0.25, -0.2) is 4.79 Å². The summed E-state index contributed by atoms with van der Waals surface area (Å²) in [4.78, 5) is 12.1. The highest BCUT2D eigenvalue weighted by Gasteiger charge is 2.28. The van der Waals surface area contributed by atoms with E-state index in [2.05, 4.69) is 41.4 Å². The molecule has 0 atom stereocenters. The van der Waals surface area contributed by atoms with E-state index in [0.29, 0.717) is 5.56 Å². The molecule has 1 aliphatic rings. The maximum absolute atomic E-state index is 12.1. The maximum atomic E-state index is 12.1. The third-order valence-electron chi connectivity index (χ3n) is 4.87. The van der Waals surface area contributed by atoms with Crippen LogP contribution in [0, 0.1) is 11.8 Å².